The van der Waals surface area contributed by atoms with Gasteiger partial charge in [0.05, 0.1) is 0 Å². The SMILES string of the molecule is CCCCCCCCCCCCC=CCCC(=O)Oc1ccccc1. The minimum absolute atomic E-state index is 0.158. The van der Waals surface area contributed by atoms with Gasteiger partial charge in [-0.2, -0.15) is 0 Å². The zero-order valence-corrected chi connectivity index (χ0v) is 16.1. The molecule has 0 aliphatic carbocycles. The molecule has 0 amide bonds. The quantitative estimate of drug-likeness (QED) is 0.145. The van der Waals surface area contributed by atoms with Gasteiger partial charge in [0.15, 0.2) is 0 Å². The highest BCUT2D eigenvalue weighted by atomic mass is 16.5. The van der Waals surface area contributed by atoms with Crippen molar-refractivity contribution in [2.75, 3.05) is 0 Å². The van der Waals surface area contributed by atoms with Crippen molar-refractivity contribution >= 4 is 5.97 Å². The molecular formula is C23H36O2. The fourth-order valence-electron chi connectivity index (χ4n) is 2.86. The smallest absolute Gasteiger partial charge is 0.311 e. The third-order valence-electron chi connectivity index (χ3n) is 4.38. The van der Waals surface area contributed by atoms with E-state index in [1.54, 1.807) is 12.1 Å². The summed E-state index contributed by atoms with van der Waals surface area (Å²) in [5, 5.41) is 0. The number of ether oxygens (including phenoxy) is 1. The predicted molar refractivity (Wildman–Crippen MR) is 107 cm³/mol. The summed E-state index contributed by atoms with van der Waals surface area (Å²) in [5.41, 5.74) is 0. The summed E-state index contributed by atoms with van der Waals surface area (Å²) < 4.78 is 5.25. The van der Waals surface area contributed by atoms with Crippen LogP contribution >= 0.6 is 0 Å². The van der Waals surface area contributed by atoms with Crippen molar-refractivity contribution in [2.24, 2.45) is 0 Å². The molecule has 0 unspecified atom stereocenters. The molecule has 0 aliphatic heterocycles. The fraction of sp³-hybridized carbons (Fsp3) is 0.609. The molecule has 25 heavy (non-hydrogen) atoms. The molecule has 2 heteroatoms. The minimum Gasteiger partial charge on any atom is -0.427 e. The van der Waals surface area contributed by atoms with Crippen LogP contribution in [0.3, 0.4) is 0 Å². The molecule has 0 saturated heterocycles. The lowest BCUT2D eigenvalue weighted by atomic mass is 10.1. The molecule has 0 aromatic heterocycles. The molecule has 1 rings (SSSR count). The monoisotopic (exact) mass is 344 g/mol. The van der Waals surface area contributed by atoms with Gasteiger partial charge in [-0.25, -0.2) is 0 Å². The topological polar surface area (TPSA) is 26.3 Å². The largest absolute Gasteiger partial charge is 0.427 e. The molecule has 140 valence electrons. The maximum absolute atomic E-state index is 11.7. The molecule has 0 fully saturated rings. The first-order chi connectivity index (χ1) is 12.3. The summed E-state index contributed by atoms with van der Waals surface area (Å²) in [4.78, 5) is 11.7. The molecule has 1 aromatic rings. The number of hydrogen-bond donors (Lipinski definition) is 0. The summed E-state index contributed by atoms with van der Waals surface area (Å²) in [5.74, 6) is 0.469. The van der Waals surface area contributed by atoms with Crippen molar-refractivity contribution in [1.29, 1.82) is 0 Å². The lowest BCUT2D eigenvalue weighted by Gasteiger charge is -2.02. The molecule has 0 aliphatic rings. The standard InChI is InChI=1S/C23H36O2/c1-2-3-4-5-6-7-8-9-10-11-12-13-14-18-21-23(24)25-22-19-16-15-17-20-22/h13-17,19-20H,2-12,18,21H2,1H3. The highest BCUT2D eigenvalue weighted by Gasteiger charge is 2.02. The Morgan fingerprint density at radius 1 is 0.800 bits per heavy atom. The summed E-state index contributed by atoms with van der Waals surface area (Å²) in [6.45, 7) is 2.27. The molecule has 0 radical (unpaired) electrons. The van der Waals surface area contributed by atoms with Crippen LogP contribution in [0.4, 0.5) is 0 Å². The van der Waals surface area contributed by atoms with Crippen molar-refractivity contribution in [2.45, 2.75) is 90.4 Å². The van der Waals surface area contributed by atoms with E-state index in [2.05, 4.69) is 19.1 Å². The number of benzene rings is 1. The molecule has 0 atom stereocenters. The van der Waals surface area contributed by atoms with Gasteiger partial charge in [-0.15, -0.1) is 0 Å². The van der Waals surface area contributed by atoms with Crippen molar-refractivity contribution in [3.8, 4) is 5.75 Å². The van der Waals surface area contributed by atoms with E-state index in [-0.39, 0.29) is 5.97 Å². The molecular weight excluding hydrogens is 308 g/mol. The number of para-hydroxylation sites is 1. The molecule has 0 spiro atoms. The van der Waals surface area contributed by atoms with Crippen LogP contribution in [-0.4, -0.2) is 5.97 Å². The molecule has 0 heterocycles. The summed E-state index contributed by atoms with van der Waals surface area (Å²) in [6, 6.07) is 9.26. The Hall–Kier alpha value is -1.57. The summed E-state index contributed by atoms with van der Waals surface area (Å²) in [6.07, 6.45) is 20.4. The second-order valence-electron chi connectivity index (χ2n) is 6.77. The number of rotatable bonds is 15. The van der Waals surface area contributed by atoms with Gasteiger partial charge >= 0.3 is 5.97 Å². The normalized spacial score (nSPS) is 11.1. The van der Waals surface area contributed by atoms with Crippen LogP contribution in [-0.2, 0) is 4.79 Å². The fourth-order valence-corrected chi connectivity index (χ4v) is 2.86. The summed E-state index contributed by atoms with van der Waals surface area (Å²) >= 11 is 0. The first kappa shape index (κ1) is 21.5. The van der Waals surface area contributed by atoms with E-state index in [0.29, 0.717) is 12.2 Å². The van der Waals surface area contributed by atoms with Gasteiger partial charge in [0.1, 0.15) is 5.75 Å². The third kappa shape index (κ3) is 13.4. The second-order valence-corrected chi connectivity index (χ2v) is 6.77. The zero-order valence-electron chi connectivity index (χ0n) is 16.1. The zero-order chi connectivity index (χ0) is 18.0. The first-order valence-electron chi connectivity index (χ1n) is 10.2. The third-order valence-corrected chi connectivity index (χ3v) is 4.38. The highest BCUT2D eigenvalue weighted by Crippen LogP contribution is 2.12. The van der Waals surface area contributed by atoms with E-state index in [1.165, 1.54) is 64.2 Å². The van der Waals surface area contributed by atoms with Gasteiger partial charge in [0, 0.05) is 6.42 Å². The molecule has 1 aromatic carbocycles. The number of carbonyl (C=O) groups excluding carboxylic acids is 1. The summed E-state index contributed by atoms with van der Waals surface area (Å²) in [7, 11) is 0. The van der Waals surface area contributed by atoms with Gasteiger partial charge < -0.3 is 4.74 Å². The van der Waals surface area contributed by atoms with E-state index in [1.807, 2.05) is 18.2 Å². The average Bonchev–Trinajstić information content (AvgIpc) is 2.63. The van der Waals surface area contributed by atoms with Gasteiger partial charge in [-0.1, -0.05) is 95.1 Å². The Morgan fingerprint density at radius 2 is 1.36 bits per heavy atom. The van der Waals surface area contributed by atoms with Crippen LogP contribution in [0, 0.1) is 0 Å². The molecule has 0 N–H and O–H groups in total. The van der Waals surface area contributed by atoms with Crippen molar-refractivity contribution in [3.63, 3.8) is 0 Å². The number of carbonyl (C=O) groups is 1. The number of allylic oxidation sites excluding steroid dienone is 2. The predicted octanol–water partition coefficient (Wildman–Crippen LogP) is 7.24. The van der Waals surface area contributed by atoms with Crippen LogP contribution in [0.5, 0.6) is 5.75 Å². The highest BCUT2D eigenvalue weighted by molar-refractivity contribution is 5.72. The van der Waals surface area contributed by atoms with Crippen LogP contribution in [0.2, 0.25) is 0 Å². The number of unbranched alkanes of at least 4 members (excludes halogenated alkanes) is 10. The average molecular weight is 345 g/mol. The van der Waals surface area contributed by atoms with Crippen LogP contribution in [0.1, 0.15) is 90.4 Å². The van der Waals surface area contributed by atoms with Crippen LogP contribution in [0.15, 0.2) is 42.5 Å². The first-order valence-corrected chi connectivity index (χ1v) is 10.2. The number of hydrogen-bond acceptors (Lipinski definition) is 2. The Morgan fingerprint density at radius 3 is 2.00 bits per heavy atom. The van der Waals surface area contributed by atoms with Gasteiger partial charge in [0.2, 0.25) is 0 Å². The minimum atomic E-state index is -0.158. The van der Waals surface area contributed by atoms with E-state index in [9.17, 15) is 4.79 Å². The van der Waals surface area contributed by atoms with Crippen LogP contribution in [0.25, 0.3) is 0 Å². The Bertz CT molecular complexity index is 450. The molecule has 2 nitrogen and oxygen atoms in total. The van der Waals surface area contributed by atoms with E-state index in [4.69, 9.17) is 4.74 Å². The Labute approximate surface area is 154 Å². The Balaban J connectivity index is 1.86. The Kier molecular flexibility index (Phi) is 13.7. The lowest BCUT2D eigenvalue weighted by Crippen LogP contribution is -2.06. The molecule has 0 saturated carbocycles. The van der Waals surface area contributed by atoms with Crippen molar-refractivity contribution in [1.82, 2.24) is 0 Å². The van der Waals surface area contributed by atoms with Crippen molar-refractivity contribution < 1.29 is 9.53 Å². The maximum Gasteiger partial charge on any atom is 0.311 e. The maximum atomic E-state index is 11.7. The van der Waals surface area contributed by atoms with E-state index in [0.717, 1.165) is 12.8 Å². The van der Waals surface area contributed by atoms with Crippen LogP contribution < -0.4 is 4.74 Å². The number of esters is 1. The van der Waals surface area contributed by atoms with Crippen molar-refractivity contribution in [3.05, 3.63) is 42.5 Å². The molecule has 0 bridgehead atoms. The van der Waals surface area contributed by atoms with Gasteiger partial charge in [0.25, 0.3) is 0 Å². The van der Waals surface area contributed by atoms with Gasteiger partial charge in [-0.3, -0.25) is 4.79 Å². The lowest BCUT2D eigenvalue weighted by molar-refractivity contribution is -0.134. The van der Waals surface area contributed by atoms with E-state index < -0.39 is 0 Å². The second kappa shape index (κ2) is 15.9. The van der Waals surface area contributed by atoms with E-state index >= 15 is 0 Å². The van der Waals surface area contributed by atoms with Gasteiger partial charge in [-0.05, 0) is 31.4 Å².